The van der Waals surface area contributed by atoms with Crippen molar-refractivity contribution in [1.82, 2.24) is 5.32 Å². The summed E-state index contributed by atoms with van der Waals surface area (Å²) in [6.45, 7) is 0.967. The molecule has 0 heterocycles. The maximum atomic E-state index is 6.22. The van der Waals surface area contributed by atoms with Crippen molar-refractivity contribution in [2.75, 3.05) is 13.6 Å². The molecule has 0 spiro atoms. The van der Waals surface area contributed by atoms with Crippen molar-refractivity contribution in [1.29, 1.82) is 0 Å². The Morgan fingerprint density at radius 3 is 2.57 bits per heavy atom. The third kappa shape index (κ3) is 2.94. The van der Waals surface area contributed by atoms with Gasteiger partial charge >= 0.3 is 0 Å². The minimum Gasteiger partial charge on any atom is -0.319 e. The fourth-order valence-corrected chi connectivity index (χ4v) is 2.87. The Labute approximate surface area is 131 Å². The van der Waals surface area contributed by atoms with E-state index in [2.05, 4.69) is 59.9 Å². The van der Waals surface area contributed by atoms with Crippen molar-refractivity contribution in [3.63, 3.8) is 0 Å². The minimum absolute atomic E-state index is 0.779. The molecular weight excluding hydrogens is 278 g/mol. The van der Waals surface area contributed by atoms with Crippen LogP contribution in [0.2, 0.25) is 5.02 Å². The van der Waals surface area contributed by atoms with E-state index < -0.39 is 0 Å². The van der Waals surface area contributed by atoms with Crippen LogP contribution in [0.15, 0.2) is 48.5 Å². The lowest BCUT2D eigenvalue weighted by molar-refractivity contribution is 0.808. The average Bonchev–Trinajstić information content (AvgIpc) is 2.65. The van der Waals surface area contributed by atoms with E-state index in [0.717, 1.165) is 18.0 Å². The molecule has 0 radical (unpaired) electrons. The quantitative estimate of drug-likeness (QED) is 0.680. The van der Waals surface area contributed by atoms with Crippen LogP contribution < -0.4 is 5.32 Å². The van der Waals surface area contributed by atoms with E-state index >= 15 is 0 Å². The fraction of sp³-hybridized carbons (Fsp3) is 0.158. The summed E-state index contributed by atoms with van der Waals surface area (Å²) < 4.78 is 0. The van der Waals surface area contributed by atoms with Gasteiger partial charge in [0.05, 0.1) is 0 Å². The van der Waals surface area contributed by atoms with Gasteiger partial charge in [0, 0.05) is 5.02 Å². The van der Waals surface area contributed by atoms with Crippen LogP contribution in [0.25, 0.3) is 17.7 Å². The number of halogens is 1. The van der Waals surface area contributed by atoms with Crippen LogP contribution in [0.3, 0.4) is 0 Å². The molecule has 0 saturated carbocycles. The number of hydrogen-bond acceptors (Lipinski definition) is 1. The van der Waals surface area contributed by atoms with Crippen LogP contribution in [0.1, 0.15) is 28.7 Å². The summed E-state index contributed by atoms with van der Waals surface area (Å²) in [5, 5.41) is 3.97. The molecule has 0 aromatic heterocycles. The third-order valence-corrected chi connectivity index (χ3v) is 3.98. The Hall–Kier alpha value is -1.83. The Balaban J connectivity index is 2.18. The van der Waals surface area contributed by atoms with Crippen molar-refractivity contribution in [3.8, 4) is 0 Å². The minimum atomic E-state index is 0.779. The van der Waals surface area contributed by atoms with Gasteiger partial charge in [0.2, 0.25) is 0 Å². The van der Waals surface area contributed by atoms with Gasteiger partial charge in [-0.05, 0) is 60.0 Å². The number of fused-ring (bicyclic) bond motifs is 2. The topological polar surface area (TPSA) is 12.0 Å². The van der Waals surface area contributed by atoms with E-state index in [9.17, 15) is 0 Å². The van der Waals surface area contributed by atoms with E-state index in [1.54, 1.807) is 0 Å². The van der Waals surface area contributed by atoms with E-state index in [1.165, 1.54) is 27.8 Å². The molecule has 21 heavy (non-hydrogen) atoms. The molecule has 0 fully saturated rings. The summed E-state index contributed by atoms with van der Waals surface area (Å²) >= 11 is 6.22. The second kappa shape index (κ2) is 6.30. The Morgan fingerprint density at radius 1 is 1.00 bits per heavy atom. The van der Waals surface area contributed by atoms with Crippen LogP contribution in [0, 0.1) is 0 Å². The van der Waals surface area contributed by atoms with Crippen LogP contribution in [-0.2, 0) is 0 Å². The third-order valence-electron chi connectivity index (χ3n) is 3.74. The normalized spacial score (nSPS) is 14.7. The van der Waals surface area contributed by atoms with Gasteiger partial charge in [-0.3, -0.25) is 0 Å². The van der Waals surface area contributed by atoms with E-state index in [1.807, 2.05) is 13.1 Å². The van der Waals surface area contributed by atoms with Crippen LogP contribution in [0.5, 0.6) is 0 Å². The molecule has 1 aliphatic carbocycles. The van der Waals surface area contributed by atoms with Crippen LogP contribution in [-0.4, -0.2) is 13.6 Å². The molecule has 1 aliphatic rings. The standard InChI is InChI=1S/C19H18ClN/c1-21-12-4-7-18-17-6-3-2-5-14(17)8-9-15-10-11-16(20)13-19(15)18/h2-3,5-11,13,21H,4,12H2,1H3. The predicted octanol–water partition coefficient (Wildman–Crippen LogP) is 4.87. The lowest BCUT2D eigenvalue weighted by Gasteiger charge is -2.12. The maximum absolute atomic E-state index is 6.22. The monoisotopic (exact) mass is 295 g/mol. The molecule has 0 bridgehead atoms. The van der Waals surface area contributed by atoms with Crippen molar-refractivity contribution in [2.24, 2.45) is 0 Å². The molecule has 1 N–H and O–H groups in total. The molecule has 3 rings (SSSR count). The van der Waals surface area contributed by atoms with Crippen molar-refractivity contribution >= 4 is 29.3 Å². The van der Waals surface area contributed by atoms with Crippen LogP contribution in [0.4, 0.5) is 0 Å². The number of nitrogens with one attached hydrogen (secondary N) is 1. The lowest BCUT2D eigenvalue weighted by Crippen LogP contribution is -2.06. The zero-order chi connectivity index (χ0) is 14.7. The molecule has 2 aromatic rings. The molecule has 0 aliphatic heterocycles. The van der Waals surface area contributed by atoms with E-state index in [4.69, 9.17) is 11.6 Å². The van der Waals surface area contributed by atoms with Gasteiger partial charge in [0.1, 0.15) is 0 Å². The lowest BCUT2D eigenvalue weighted by atomic mass is 9.93. The second-order valence-corrected chi connectivity index (χ2v) is 5.60. The summed E-state index contributed by atoms with van der Waals surface area (Å²) in [7, 11) is 1.98. The highest BCUT2D eigenvalue weighted by Crippen LogP contribution is 2.35. The van der Waals surface area contributed by atoms with Gasteiger partial charge in [0.15, 0.2) is 0 Å². The number of benzene rings is 2. The first-order valence-corrected chi connectivity index (χ1v) is 7.59. The highest BCUT2D eigenvalue weighted by atomic mass is 35.5. The van der Waals surface area contributed by atoms with Gasteiger partial charge in [-0.25, -0.2) is 0 Å². The first-order chi connectivity index (χ1) is 10.3. The highest BCUT2D eigenvalue weighted by Gasteiger charge is 2.14. The molecule has 0 unspecified atom stereocenters. The fourth-order valence-electron chi connectivity index (χ4n) is 2.70. The van der Waals surface area contributed by atoms with Gasteiger partial charge < -0.3 is 5.32 Å². The van der Waals surface area contributed by atoms with Crippen molar-refractivity contribution in [2.45, 2.75) is 6.42 Å². The summed E-state index contributed by atoms with van der Waals surface area (Å²) in [5.74, 6) is 0. The zero-order valence-corrected chi connectivity index (χ0v) is 12.8. The van der Waals surface area contributed by atoms with Crippen LogP contribution >= 0.6 is 11.6 Å². The second-order valence-electron chi connectivity index (χ2n) is 5.16. The van der Waals surface area contributed by atoms with Gasteiger partial charge in [-0.15, -0.1) is 0 Å². The van der Waals surface area contributed by atoms with Gasteiger partial charge in [-0.2, -0.15) is 0 Å². The van der Waals surface area contributed by atoms with Gasteiger partial charge in [-0.1, -0.05) is 60.2 Å². The molecule has 0 saturated heterocycles. The van der Waals surface area contributed by atoms with Crippen molar-refractivity contribution < 1.29 is 0 Å². The first-order valence-electron chi connectivity index (χ1n) is 7.22. The molecule has 1 nitrogen and oxygen atoms in total. The average molecular weight is 296 g/mol. The maximum Gasteiger partial charge on any atom is 0.0412 e. The Bertz CT molecular complexity index is 713. The zero-order valence-electron chi connectivity index (χ0n) is 12.1. The number of rotatable bonds is 3. The smallest absolute Gasteiger partial charge is 0.0412 e. The SMILES string of the molecule is CNCCC=C1c2ccccc2C=Cc2ccc(Cl)cc21. The Kier molecular flexibility index (Phi) is 4.23. The summed E-state index contributed by atoms with van der Waals surface area (Å²) in [5.41, 5.74) is 6.21. The predicted molar refractivity (Wildman–Crippen MR) is 92.4 cm³/mol. The Morgan fingerprint density at radius 2 is 1.76 bits per heavy atom. The molecule has 2 heteroatoms. The number of hydrogen-bond donors (Lipinski definition) is 1. The van der Waals surface area contributed by atoms with E-state index in [-0.39, 0.29) is 0 Å². The largest absolute Gasteiger partial charge is 0.319 e. The van der Waals surface area contributed by atoms with Crippen molar-refractivity contribution in [3.05, 3.63) is 75.8 Å². The molecular formula is C19H18ClN. The molecule has 0 atom stereocenters. The molecule has 106 valence electrons. The highest BCUT2D eigenvalue weighted by molar-refractivity contribution is 6.30. The summed E-state index contributed by atoms with van der Waals surface area (Å²) in [6, 6.07) is 14.6. The summed E-state index contributed by atoms with van der Waals surface area (Å²) in [4.78, 5) is 0. The first kappa shape index (κ1) is 14.1. The summed E-state index contributed by atoms with van der Waals surface area (Å²) in [6.07, 6.45) is 7.65. The van der Waals surface area contributed by atoms with E-state index in [0.29, 0.717) is 0 Å². The molecule has 0 amide bonds. The molecule has 2 aromatic carbocycles. The van der Waals surface area contributed by atoms with Gasteiger partial charge in [0.25, 0.3) is 0 Å².